The van der Waals surface area contributed by atoms with E-state index in [1.54, 1.807) is 23.7 Å². The quantitative estimate of drug-likeness (QED) is 0.867. The minimum Gasteiger partial charge on any atom is -0.325 e. The molecule has 0 atom stereocenters. The van der Waals surface area contributed by atoms with Crippen molar-refractivity contribution in [1.82, 2.24) is 15.0 Å². The molecule has 4 nitrogen and oxygen atoms in total. The van der Waals surface area contributed by atoms with Crippen LogP contribution in [-0.4, -0.2) is 20.5 Å². The fourth-order valence-corrected chi connectivity index (χ4v) is 2.36. The third kappa shape index (κ3) is 1.70. The van der Waals surface area contributed by atoms with Crippen LogP contribution in [-0.2, 0) is 5.41 Å². The monoisotopic (exact) mass is 236 g/mol. The summed E-state index contributed by atoms with van der Waals surface area (Å²) in [5.41, 5.74) is 6.37. The Bertz CT molecular complexity index is 477. The Hall–Kier alpha value is -1.07. The molecule has 2 heterocycles. The van der Waals surface area contributed by atoms with Gasteiger partial charge < -0.3 is 5.73 Å². The van der Waals surface area contributed by atoms with Gasteiger partial charge in [0.1, 0.15) is 5.01 Å². The van der Waals surface area contributed by atoms with Crippen molar-refractivity contribution in [2.24, 2.45) is 5.73 Å². The summed E-state index contributed by atoms with van der Waals surface area (Å²) in [7, 11) is 0. The van der Waals surface area contributed by atoms with Crippen molar-refractivity contribution in [3.05, 3.63) is 17.4 Å². The van der Waals surface area contributed by atoms with Crippen molar-refractivity contribution in [1.29, 1.82) is 0 Å². The van der Waals surface area contributed by atoms with Crippen LogP contribution in [0.1, 0.15) is 32.7 Å². The van der Waals surface area contributed by atoms with E-state index in [0.29, 0.717) is 5.65 Å². The predicted octanol–water partition coefficient (Wildman–Crippen LogP) is 2.10. The Morgan fingerprint density at radius 2 is 1.75 bits per heavy atom. The topological polar surface area (TPSA) is 64.7 Å². The molecule has 2 aromatic heterocycles. The molecule has 0 bridgehead atoms. The van der Waals surface area contributed by atoms with Gasteiger partial charge in [-0.3, -0.25) is 0 Å². The third-order valence-electron chi connectivity index (χ3n) is 3.19. The van der Waals surface area contributed by atoms with Crippen LogP contribution in [0.2, 0.25) is 0 Å². The first kappa shape index (κ1) is 11.4. The van der Waals surface area contributed by atoms with E-state index in [0.717, 1.165) is 9.84 Å². The molecule has 0 aliphatic heterocycles. The van der Waals surface area contributed by atoms with E-state index < -0.39 is 0 Å². The van der Waals surface area contributed by atoms with E-state index in [1.807, 2.05) is 13.8 Å². The zero-order valence-electron chi connectivity index (χ0n) is 9.98. The van der Waals surface area contributed by atoms with Crippen LogP contribution in [0.15, 0.2) is 12.4 Å². The average molecular weight is 236 g/mol. The standard InChI is InChI=1S/C11H16N4S/c1-10(2,11(3,4)12)9-15-7-8(16-9)14-6-5-13-7/h5-6H,12H2,1-4H3. The third-order valence-corrected chi connectivity index (χ3v) is 4.47. The Morgan fingerprint density at radius 1 is 1.12 bits per heavy atom. The first-order valence-corrected chi connectivity index (χ1v) is 6.01. The summed E-state index contributed by atoms with van der Waals surface area (Å²) in [5, 5.41) is 0.987. The maximum atomic E-state index is 6.19. The van der Waals surface area contributed by atoms with Crippen LogP contribution in [0.3, 0.4) is 0 Å². The molecule has 0 aromatic carbocycles. The summed E-state index contributed by atoms with van der Waals surface area (Å²) >= 11 is 1.57. The molecule has 2 N–H and O–H groups in total. The lowest BCUT2D eigenvalue weighted by Gasteiger charge is -2.36. The molecule has 16 heavy (non-hydrogen) atoms. The van der Waals surface area contributed by atoms with Gasteiger partial charge in [0.25, 0.3) is 0 Å². The van der Waals surface area contributed by atoms with Crippen molar-refractivity contribution in [2.75, 3.05) is 0 Å². The highest BCUT2D eigenvalue weighted by Crippen LogP contribution is 2.36. The number of thiazole rings is 1. The highest BCUT2D eigenvalue weighted by Gasteiger charge is 2.38. The lowest BCUT2D eigenvalue weighted by molar-refractivity contribution is 0.306. The number of fused-ring (bicyclic) bond motifs is 1. The molecule has 0 aliphatic rings. The Kier molecular flexibility index (Phi) is 2.47. The van der Waals surface area contributed by atoms with E-state index >= 15 is 0 Å². The number of hydrogen-bond donors (Lipinski definition) is 1. The zero-order valence-corrected chi connectivity index (χ0v) is 10.8. The van der Waals surface area contributed by atoms with Crippen LogP contribution in [0.5, 0.6) is 0 Å². The molecule has 0 saturated carbocycles. The van der Waals surface area contributed by atoms with Crippen LogP contribution < -0.4 is 5.73 Å². The van der Waals surface area contributed by atoms with Gasteiger partial charge in [-0.15, -0.1) is 0 Å². The van der Waals surface area contributed by atoms with Gasteiger partial charge in [0.2, 0.25) is 0 Å². The molecule has 0 spiro atoms. The predicted molar refractivity (Wildman–Crippen MR) is 66.5 cm³/mol. The van der Waals surface area contributed by atoms with E-state index in [2.05, 4.69) is 28.8 Å². The van der Waals surface area contributed by atoms with Gasteiger partial charge in [-0.2, -0.15) is 0 Å². The second-order valence-electron chi connectivity index (χ2n) is 5.05. The molecular formula is C11H16N4S. The van der Waals surface area contributed by atoms with E-state index in [9.17, 15) is 0 Å². The van der Waals surface area contributed by atoms with Crippen molar-refractivity contribution in [2.45, 2.75) is 38.6 Å². The molecule has 0 saturated heterocycles. The van der Waals surface area contributed by atoms with Crippen molar-refractivity contribution >= 4 is 21.8 Å². The molecule has 0 fully saturated rings. The van der Waals surface area contributed by atoms with Crippen molar-refractivity contribution in [3.63, 3.8) is 0 Å². The number of nitrogens with zero attached hydrogens (tertiary/aromatic N) is 3. The summed E-state index contributed by atoms with van der Waals surface area (Å²) in [6.45, 7) is 8.23. The highest BCUT2D eigenvalue weighted by molar-refractivity contribution is 7.18. The molecular weight excluding hydrogens is 220 g/mol. The molecule has 86 valence electrons. The summed E-state index contributed by atoms with van der Waals surface area (Å²) in [5.74, 6) is 0. The van der Waals surface area contributed by atoms with Gasteiger partial charge >= 0.3 is 0 Å². The molecule has 0 unspecified atom stereocenters. The molecule has 2 aromatic rings. The fourth-order valence-electron chi connectivity index (χ4n) is 1.22. The molecule has 0 amide bonds. The van der Waals surface area contributed by atoms with Gasteiger partial charge in [-0.05, 0) is 13.8 Å². The summed E-state index contributed by atoms with van der Waals surface area (Å²) < 4.78 is 0. The lowest BCUT2D eigenvalue weighted by atomic mass is 9.76. The number of aromatic nitrogens is 3. The van der Waals surface area contributed by atoms with E-state index in [1.165, 1.54) is 0 Å². The van der Waals surface area contributed by atoms with Gasteiger partial charge in [0.15, 0.2) is 10.5 Å². The average Bonchev–Trinajstić information content (AvgIpc) is 2.59. The number of nitrogens with two attached hydrogens (primary N) is 1. The first-order valence-electron chi connectivity index (χ1n) is 5.19. The van der Waals surface area contributed by atoms with E-state index in [-0.39, 0.29) is 11.0 Å². The minimum absolute atomic E-state index is 0.194. The van der Waals surface area contributed by atoms with Gasteiger partial charge in [0, 0.05) is 23.3 Å². The maximum Gasteiger partial charge on any atom is 0.189 e. The van der Waals surface area contributed by atoms with Crippen molar-refractivity contribution in [3.8, 4) is 0 Å². The van der Waals surface area contributed by atoms with Gasteiger partial charge in [0.05, 0.1) is 0 Å². The molecule has 0 aliphatic carbocycles. The molecule has 0 radical (unpaired) electrons. The molecule has 2 rings (SSSR count). The fraction of sp³-hybridized carbons (Fsp3) is 0.545. The van der Waals surface area contributed by atoms with Crippen LogP contribution in [0.25, 0.3) is 10.5 Å². The highest BCUT2D eigenvalue weighted by atomic mass is 32.1. The van der Waals surface area contributed by atoms with Gasteiger partial charge in [-0.1, -0.05) is 25.2 Å². The first-order chi connectivity index (χ1) is 7.32. The second-order valence-corrected chi connectivity index (χ2v) is 6.03. The van der Waals surface area contributed by atoms with Crippen LogP contribution >= 0.6 is 11.3 Å². The van der Waals surface area contributed by atoms with Crippen molar-refractivity contribution < 1.29 is 0 Å². The minimum atomic E-state index is -0.332. The van der Waals surface area contributed by atoms with E-state index in [4.69, 9.17) is 5.73 Å². The summed E-state index contributed by atoms with van der Waals surface area (Å²) in [6.07, 6.45) is 3.34. The summed E-state index contributed by atoms with van der Waals surface area (Å²) in [4.78, 5) is 13.8. The SMILES string of the molecule is CC(C)(N)C(C)(C)c1nc2nccnc2s1. The zero-order chi connectivity index (χ0) is 12.0. The Labute approximate surface area is 98.9 Å². The largest absolute Gasteiger partial charge is 0.325 e. The van der Waals surface area contributed by atoms with Crippen LogP contribution in [0.4, 0.5) is 0 Å². The summed E-state index contributed by atoms with van der Waals surface area (Å²) in [6, 6.07) is 0. The number of hydrogen-bond acceptors (Lipinski definition) is 5. The smallest absolute Gasteiger partial charge is 0.189 e. The Morgan fingerprint density at radius 3 is 2.31 bits per heavy atom. The van der Waals surface area contributed by atoms with Gasteiger partial charge in [-0.25, -0.2) is 15.0 Å². The number of rotatable bonds is 2. The lowest BCUT2D eigenvalue weighted by Crippen LogP contribution is -2.50. The Balaban J connectivity index is 2.56. The normalized spacial score (nSPS) is 13.3. The maximum absolute atomic E-state index is 6.19. The second kappa shape index (κ2) is 3.46. The van der Waals surface area contributed by atoms with Crippen LogP contribution in [0, 0.1) is 0 Å². The molecule has 5 heteroatoms.